The summed E-state index contributed by atoms with van der Waals surface area (Å²) in [5.41, 5.74) is 27.3. The van der Waals surface area contributed by atoms with Gasteiger partial charge in [0.1, 0.15) is 30.2 Å². The van der Waals surface area contributed by atoms with Gasteiger partial charge >= 0.3 is 5.97 Å². The van der Waals surface area contributed by atoms with Gasteiger partial charge in [-0.3, -0.25) is 24.2 Å². The maximum Gasteiger partial charge on any atom is 0.326 e. The lowest BCUT2D eigenvalue weighted by atomic mass is 10.0. The van der Waals surface area contributed by atoms with Gasteiger partial charge in [0.05, 0.1) is 6.10 Å². The molecule has 0 saturated heterocycles. The van der Waals surface area contributed by atoms with E-state index in [0.717, 1.165) is 0 Å². The number of guanidine groups is 1. The summed E-state index contributed by atoms with van der Waals surface area (Å²) in [5, 5.41) is 29.2. The number of aliphatic imine (C=N–C) groups is 1. The molecule has 0 fully saturated rings. The van der Waals surface area contributed by atoms with Gasteiger partial charge in [0, 0.05) is 12.3 Å². The molecule has 0 radical (unpaired) electrons. The van der Waals surface area contributed by atoms with Gasteiger partial charge in [0.25, 0.3) is 0 Å². The zero-order chi connectivity index (χ0) is 32.9. The Kier molecular flexibility index (Phi) is 20.7. The maximum absolute atomic E-state index is 13.3. The number of rotatable bonds is 23. The van der Waals surface area contributed by atoms with Crippen LogP contribution in [0.5, 0.6) is 0 Å². The predicted molar refractivity (Wildman–Crippen MR) is 165 cm³/mol. The number of aliphatic carboxylic acids is 1. The Labute approximate surface area is 257 Å². The van der Waals surface area contributed by atoms with Crippen LogP contribution in [0.25, 0.3) is 0 Å². The molecule has 0 aromatic heterocycles. The van der Waals surface area contributed by atoms with Crippen LogP contribution in [0.4, 0.5) is 0 Å². The number of thiol groups is 1. The summed E-state index contributed by atoms with van der Waals surface area (Å²) < 4.78 is 0. The van der Waals surface area contributed by atoms with Crippen LogP contribution in [0, 0.1) is 0 Å². The molecular formula is C25H50N10O7S. The number of carboxylic acids is 1. The summed E-state index contributed by atoms with van der Waals surface area (Å²) in [6, 6.07) is -5.97. The molecule has 18 heteroatoms. The number of nitrogens with two attached hydrogens (primary N) is 5. The molecule has 248 valence electrons. The monoisotopic (exact) mass is 634 g/mol. The van der Waals surface area contributed by atoms with Gasteiger partial charge in [0.2, 0.25) is 23.6 Å². The van der Waals surface area contributed by atoms with E-state index in [1.54, 1.807) is 0 Å². The van der Waals surface area contributed by atoms with Crippen LogP contribution in [0.1, 0.15) is 58.3 Å². The number of carbonyl (C=O) groups is 5. The van der Waals surface area contributed by atoms with Crippen molar-refractivity contribution in [3.8, 4) is 0 Å². The van der Waals surface area contributed by atoms with Crippen molar-refractivity contribution in [3.05, 3.63) is 0 Å². The van der Waals surface area contributed by atoms with Gasteiger partial charge in [-0.1, -0.05) is 0 Å². The quantitative estimate of drug-likeness (QED) is 0.0221. The van der Waals surface area contributed by atoms with Crippen LogP contribution in [0.15, 0.2) is 4.99 Å². The highest BCUT2D eigenvalue weighted by Crippen LogP contribution is 2.07. The lowest BCUT2D eigenvalue weighted by Crippen LogP contribution is -2.59. The van der Waals surface area contributed by atoms with E-state index in [1.807, 2.05) is 0 Å². The molecule has 0 aliphatic rings. The van der Waals surface area contributed by atoms with E-state index in [2.05, 4.69) is 38.9 Å². The number of aliphatic hydroxyl groups is 1. The summed E-state index contributed by atoms with van der Waals surface area (Å²) in [6.07, 6.45) is 1.57. The van der Waals surface area contributed by atoms with E-state index in [0.29, 0.717) is 38.8 Å². The molecule has 16 N–H and O–H groups in total. The average Bonchev–Trinajstić information content (AvgIpc) is 2.95. The zero-order valence-corrected chi connectivity index (χ0v) is 25.6. The maximum atomic E-state index is 13.3. The van der Waals surface area contributed by atoms with Gasteiger partial charge in [-0.25, -0.2) is 4.79 Å². The van der Waals surface area contributed by atoms with Gasteiger partial charge in [0.15, 0.2) is 5.96 Å². The molecule has 6 atom stereocenters. The van der Waals surface area contributed by atoms with Gasteiger partial charge in [-0.2, -0.15) is 12.6 Å². The van der Waals surface area contributed by atoms with Crippen LogP contribution in [-0.2, 0) is 24.0 Å². The Bertz CT molecular complexity index is 921. The van der Waals surface area contributed by atoms with Crippen molar-refractivity contribution < 1.29 is 34.2 Å². The molecule has 0 aromatic rings. The first-order chi connectivity index (χ1) is 20.3. The lowest BCUT2D eigenvalue weighted by molar-refractivity contribution is -0.142. The highest BCUT2D eigenvalue weighted by atomic mass is 32.1. The van der Waals surface area contributed by atoms with Crippen molar-refractivity contribution in [2.45, 2.75) is 94.6 Å². The molecule has 17 nitrogen and oxygen atoms in total. The number of amides is 4. The SMILES string of the molecule is C[C@@H](O)[C@H](N)C(=O)N[C@@H](CCCCN)C(=O)N[C@@H](CCCCN)C(=O)N[C@@H](CS)C(=O)N[C@@H](CCCN=C(N)N)C(=O)O. The number of carbonyl (C=O) groups excluding carboxylic acids is 4. The van der Waals surface area contributed by atoms with Gasteiger partial charge < -0.3 is 60.1 Å². The molecule has 0 aliphatic heterocycles. The number of hydrogen-bond donors (Lipinski definition) is 12. The Morgan fingerprint density at radius 3 is 1.56 bits per heavy atom. The van der Waals surface area contributed by atoms with Crippen LogP contribution >= 0.6 is 12.6 Å². The fraction of sp³-hybridized carbons (Fsp3) is 0.760. The van der Waals surface area contributed by atoms with Crippen molar-refractivity contribution in [3.63, 3.8) is 0 Å². The number of nitrogens with one attached hydrogen (secondary N) is 4. The van der Waals surface area contributed by atoms with Crippen molar-refractivity contribution in [1.29, 1.82) is 0 Å². The summed E-state index contributed by atoms with van der Waals surface area (Å²) in [5.74, 6) is -4.52. The molecular weight excluding hydrogens is 584 g/mol. The molecule has 0 heterocycles. The fourth-order valence-electron chi connectivity index (χ4n) is 3.78. The summed E-state index contributed by atoms with van der Waals surface area (Å²) in [4.78, 5) is 67.3. The Morgan fingerprint density at radius 1 is 0.721 bits per heavy atom. The Balaban J connectivity index is 5.65. The van der Waals surface area contributed by atoms with Crippen molar-refractivity contribution >= 4 is 48.2 Å². The van der Waals surface area contributed by atoms with E-state index in [1.165, 1.54) is 6.92 Å². The van der Waals surface area contributed by atoms with E-state index in [9.17, 15) is 34.2 Å². The molecule has 43 heavy (non-hydrogen) atoms. The number of carboxylic acid groups (broad SMARTS) is 1. The van der Waals surface area contributed by atoms with Gasteiger partial charge in [-0.05, 0) is 71.4 Å². The van der Waals surface area contributed by atoms with Crippen molar-refractivity contribution in [2.24, 2.45) is 33.7 Å². The first kappa shape index (κ1) is 39.8. The van der Waals surface area contributed by atoms with Crippen molar-refractivity contribution in [2.75, 3.05) is 25.4 Å². The third-order valence-corrected chi connectivity index (χ3v) is 6.72. The first-order valence-corrected chi connectivity index (χ1v) is 14.9. The zero-order valence-electron chi connectivity index (χ0n) is 24.7. The molecule has 0 unspecified atom stereocenters. The third kappa shape index (κ3) is 16.9. The summed E-state index contributed by atoms with van der Waals surface area (Å²) >= 11 is 4.13. The molecule has 0 spiro atoms. The number of unbranched alkanes of at least 4 members (excludes halogenated alkanes) is 2. The largest absolute Gasteiger partial charge is 0.480 e. The van der Waals surface area contributed by atoms with Gasteiger partial charge in [-0.15, -0.1) is 0 Å². The van der Waals surface area contributed by atoms with E-state index >= 15 is 0 Å². The normalized spacial score (nSPS) is 15.1. The molecule has 4 amide bonds. The minimum absolute atomic E-state index is 0.0266. The minimum Gasteiger partial charge on any atom is -0.480 e. The Hall–Kier alpha value is -3.19. The molecule has 0 rings (SSSR count). The van der Waals surface area contributed by atoms with Crippen LogP contribution in [0.3, 0.4) is 0 Å². The van der Waals surface area contributed by atoms with E-state index in [-0.39, 0.29) is 43.9 Å². The second kappa shape index (κ2) is 22.4. The fourth-order valence-corrected chi connectivity index (χ4v) is 4.04. The number of hydrogen-bond acceptors (Lipinski definition) is 11. The minimum atomic E-state index is -1.28. The van der Waals surface area contributed by atoms with Crippen LogP contribution < -0.4 is 49.9 Å². The molecule has 0 aromatic carbocycles. The highest BCUT2D eigenvalue weighted by Gasteiger charge is 2.31. The second-order valence-electron chi connectivity index (χ2n) is 10.0. The summed E-state index contributed by atoms with van der Waals surface area (Å²) in [6.45, 7) is 2.22. The lowest BCUT2D eigenvalue weighted by Gasteiger charge is -2.26. The average molecular weight is 635 g/mol. The Morgan fingerprint density at radius 2 is 1.14 bits per heavy atom. The standard InChI is InChI=1S/C25H50N10O7S/c1-14(36)19(28)23(40)33-16(8-3-5-11-27)20(37)32-15(7-2-4-10-26)21(38)35-18(13-43)22(39)34-17(24(41)42)9-6-12-31-25(29)30/h14-19,36,43H,2-13,26-28H2,1H3,(H,32,37)(H,33,40)(H,34,39)(H,35,38)(H,41,42)(H4,29,30,31)/t14-,15+,16+,17+,18+,19+/m1/s1. The third-order valence-electron chi connectivity index (χ3n) is 6.36. The molecule has 0 saturated carbocycles. The topological polar surface area (TPSA) is 316 Å². The highest BCUT2D eigenvalue weighted by molar-refractivity contribution is 7.80. The number of aliphatic hydroxyl groups excluding tert-OH is 1. The summed E-state index contributed by atoms with van der Waals surface area (Å²) in [7, 11) is 0. The van der Waals surface area contributed by atoms with E-state index in [4.69, 9.17) is 28.7 Å². The second-order valence-corrected chi connectivity index (χ2v) is 10.4. The number of nitrogens with zero attached hydrogens (tertiary/aromatic N) is 1. The predicted octanol–water partition coefficient (Wildman–Crippen LogP) is -4.04. The van der Waals surface area contributed by atoms with Crippen LogP contribution in [0.2, 0.25) is 0 Å². The molecule has 0 aliphatic carbocycles. The molecule has 0 bridgehead atoms. The van der Waals surface area contributed by atoms with Crippen molar-refractivity contribution in [1.82, 2.24) is 21.3 Å². The first-order valence-electron chi connectivity index (χ1n) is 14.2. The van der Waals surface area contributed by atoms with Crippen LogP contribution in [-0.4, -0.2) is 107 Å². The van der Waals surface area contributed by atoms with E-state index < -0.39 is 65.9 Å². The smallest absolute Gasteiger partial charge is 0.326 e.